The fourth-order valence-corrected chi connectivity index (χ4v) is 3.92. The van der Waals surface area contributed by atoms with Crippen LogP contribution in [0.3, 0.4) is 0 Å². The summed E-state index contributed by atoms with van der Waals surface area (Å²) in [6, 6.07) is 11.6. The molecule has 152 valence electrons. The SMILES string of the molecule is CCCC(=O)Nc1nc2ccc(CCC(=O)Nc3cc(C)ccc3OC)cc2s1. The fraction of sp³-hybridized carbons (Fsp3) is 0.318. The number of benzene rings is 2. The number of carbonyl (C=O) groups is 2. The van der Waals surface area contributed by atoms with Gasteiger partial charge >= 0.3 is 0 Å². The Morgan fingerprint density at radius 3 is 2.62 bits per heavy atom. The number of hydrogen-bond donors (Lipinski definition) is 2. The quantitative estimate of drug-likeness (QED) is 0.551. The minimum atomic E-state index is -0.0641. The van der Waals surface area contributed by atoms with Crippen molar-refractivity contribution in [1.82, 2.24) is 4.98 Å². The summed E-state index contributed by atoms with van der Waals surface area (Å²) in [4.78, 5) is 28.6. The van der Waals surface area contributed by atoms with E-state index in [2.05, 4.69) is 15.6 Å². The minimum absolute atomic E-state index is 0.0185. The molecule has 0 spiro atoms. The zero-order valence-electron chi connectivity index (χ0n) is 16.9. The summed E-state index contributed by atoms with van der Waals surface area (Å²) in [6.07, 6.45) is 2.27. The van der Waals surface area contributed by atoms with Crippen LogP contribution in [-0.4, -0.2) is 23.9 Å². The van der Waals surface area contributed by atoms with Crippen molar-refractivity contribution in [1.29, 1.82) is 0 Å². The van der Waals surface area contributed by atoms with E-state index in [1.807, 2.05) is 50.2 Å². The van der Waals surface area contributed by atoms with Crippen molar-refractivity contribution in [3.05, 3.63) is 47.5 Å². The molecule has 0 radical (unpaired) electrons. The van der Waals surface area contributed by atoms with E-state index < -0.39 is 0 Å². The van der Waals surface area contributed by atoms with Gasteiger partial charge < -0.3 is 15.4 Å². The Kier molecular flexibility index (Phi) is 6.82. The molecule has 1 aromatic heterocycles. The Labute approximate surface area is 174 Å². The van der Waals surface area contributed by atoms with Crippen LogP contribution < -0.4 is 15.4 Å². The van der Waals surface area contributed by atoms with E-state index in [0.29, 0.717) is 35.8 Å². The van der Waals surface area contributed by atoms with Crippen molar-refractivity contribution >= 4 is 44.2 Å². The topological polar surface area (TPSA) is 80.3 Å². The maximum Gasteiger partial charge on any atom is 0.226 e. The molecule has 7 heteroatoms. The van der Waals surface area contributed by atoms with Crippen molar-refractivity contribution in [2.75, 3.05) is 17.7 Å². The average molecular weight is 412 g/mol. The Morgan fingerprint density at radius 1 is 1.07 bits per heavy atom. The normalized spacial score (nSPS) is 10.7. The summed E-state index contributed by atoms with van der Waals surface area (Å²) in [5.41, 5.74) is 3.64. The molecular formula is C22H25N3O3S. The molecule has 0 aliphatic heterocycles. The Bertz CT molecular complexity index is 1030. The molecule has 6 nitrogen and oxygen atoms in total. The molecule has 3 rings (SSSR count). The molecule has 0 bridgehead atoms. The lowest BCUT2D eigenvalue weighted by atomic mass is 10.1. The van der Waals surface area contributed by atoms with Crippen molar-refractivity contribution in [3.63, 3.8) is 0 Å². The van der Waals surface area contributed by atoms with Crippen LogP contribution >= 0.6 is 11.3 Å². The average Bonchev–Trinajstić information content (AvgIpc) is 3.08. The standard InChI is InChI=1S/C22H25N3O3S/c1-4-5-20(26)25-22-24-16-9-7-15(13-19(16)29-22)8-11-21(27)23-17-12-14(2)6-10-18(17)28-3/h6-7,9-10,12-13H,4-5,8,11H2,1-3H3,(H,23,27)(H,24,25,26). The van der Waals surface area contributed by atoms with Crippen molar-refractivity contribution in [3.8, 4) is 5.75 Å². The maximum absolute atomic E-state index is 12.4. The first kappa shape index (κ1) is 20.8. The highest BCUT2D eigenvalue weighted by Gasteiger charge is 2.10. The summed E-state index contributed by atoms with van der Waals surface area (Å²) in [7, 11) is 1.59. The lowest BCUT2D eigenvalue weighted by Gasteiger charge is -2.11. The monoisotopic (exact) mass is 411 g/mol. The number of aryl methyl sites for hydroxylation is 2. The molecule has 29 heavy (non-hydrogen) atoms. The number of hydrogen-bond acceptors (Lipinski definition) is 5. The van der Waals surface area contributed by atoms with E-state index in [1.54, 1.807) is 7.11 Å². The van der Waals surface area contributed by atoms with Gasteiger partial charge in [-0.3, -0.25) is 9.59 Å². The Hall–Kier alpha value is -2.93. The molecule has 0 fully saturated rings. The Balaban J connectivity index is 1.62. The smallest absolute Gasteiger partial charge is 0.226 e. The van der Waals surface area contributed by atoms with Crippen LogP contribution in [0.25, 0.3) is 10.2 Å². The molecule has 0 aliphatic carbocycles. The van der Waals surface area contributed by atoms with Gasteiger partial charge in [0.25, 0.3) is 0 Å². The van der Waals surface area contributed by atoms with E-state index in [4.69, 9.17) is 4.74 Å². The molecular weight excluding hydrogens is 386 g/mol. The predicted molar refractivity (Wildman–Crippen MR) is 118 cm³/mol. The van der Waals surface area contributed by atoms with Gasteiger partial charge in [0.05, 0.1) is 23.0 Å². The third-order valence-electron chi connectivity index (χ3n) is 4.45. The van der Waals surface area contributed by atoms with Crippen molar-refractivity contribution in [2.45, 2.75) is 39.5 Å². The number of aromatic nitrogens is 1. The zero-order chi connectivity index (χ0) is 20.8. The van der Waals surface area contributed by atoms with E-state index in [0.717, 1.165) is 27.8 Å². The number of ether oxygens (including phenoxy) is 1. The minimum Gasteiger partial charge on any atom is -0.495 e. The van der Waals surface area contributed by atoms with Gasteiger partial charge in [0.15, 0.2) is 5.13 Å². The van der Waals surface area contributed by atoms with Gasteiger partial charge in [-0.25, -0.2) is 4.98 Å². The van der Waals surface area contributed by atoms with Gasteiger partial charge in [0.2, 0.25) is 11.8 Å². The number of methoxy groups -OCH3 is 1. The van der Waals surface area contributed by atoms with Gasteiger partial charge in [-0.1, -0.05) is 30.4 Å². The third kappa shape index (κ3) is 5.54. The first-order chi connectivity index (χ1) is 14.0. The van der Waals surface area contributed by atoms with E-state index in [-0.39, 0.29) is 11.8 Å². The number of carbonyl (C=O) groups excluding carboxylic acids is 2. The molecule has 0 saturated heterocycles. The summed E-state index contributed by atoms with van der Waals surface area (Å²) in [5.74, 6) is 0.563. The molecule has 2 aromatic carbocycles. The van der Waals surface area contributed by atoms with Gasteiger partial charge in [0, 0.05) is 12.8 Å². The van der Waals surface area contributed by atoms with Crippen molar-refractivity contribution in [2.24, 2.45) is 0 Å². The van der Waals surface area contributed by atoms with Crippen LogP contribution in [0.15, 0.2) is 36.4 Å². The van der Waals surface area contributed by atoms with Crippen LogP contribution in [-0.2, 0) is 16.0 Å². The summed E-state index contributed by atoms with van der Waals surface area (Å²) < 4.78 is 6.30. The fourth-order valence-electron chi connectivity index (χ4n) is 2.98. The van der Waals surface area contributed by atoms with Gasteiger partial charge in [-0.2, -0.15) is 0 Å². The second-order valence-corrected chi connectivity index (χ2v) is 7.90. The maximum atomic E-state index is 12.4. The van der Waals surface area contributed by atoms with E-state index in [1.165, 1.54) is 11.3 Å². The van der Waals surface area contributed by atoms with Crippen LogP contribution in [0.5, 0.6) is 5.75 Å². The highest BCUT2D eigenvalue weighted by Crippen LogP contribution is 2.28. The highest BCUT2D eigenvalue weighted by atomic mass is 32.1. The third-order valence-corrected chi connectivity index (χ3v) is 5.38. The molecule has 0 aliphatic rings. The number of fused-ring (bicyclic) bond motifs is 1. The molecule has 2 N–H and O–H groups in total. The molecule has 0 atom stereocenters. The van der Waals surface area contributed by atoms with Crippen LogP contribution in [0.1, 0.15) is 37.3 Å². The number of nitrogens with zero attached hydrogens (tertiary/aromatic N) is 1. The van der Waals surface area contributed by atoms with Crippen LogP contribution in [0.4, 0.5) is 10.8 Å². The molecule has 1 heterocycles. The summed E-state index contributed by atoms with van der Waals surface area (Å²) in [6.45, 7) is 3.94. The number of anilines is 2. The van der Waals surface area contributed by atoms with Gasteiger partial charge in [-0.05, 0) is 55.2 Å². The number of thiazole rings is 1. The van der Waals surface area contributed by atoms with Gasteiger partial charge in [0.1, 0.15) is 5.75 Å². The first-order valence-corrected chi connectivity index (χ1v) is 10.4. The van der Waals surface area contributed by atoms with Crippen LogP contribution in [0, 0.1) is 6.92 Å². The second-order valence-electron chi connectivity index (χ2n) is 6.87. The Morgan fingerprint density at radius 2 is 1.86 bits per heavy atom. The lowest BCUT2D eigenvalue weighted by molar-refractivity contribution is -0.117. The molecule has 0 unspecified atom stereocenters. The van der Waals surface area contributed by atoms with E-state index >= 15 is 0 Å². The lowest BCUT2D eigenvalue weighted by Crippen LogP contribution is -2.13. The zero-order valence-corrected chi connectivity index (χ0v) is 17.7. The number of rotatable bonds is 8. The largest absolute Gasteiger partial charge is 0.495 e. The molecule has 2 amide bonds. The predicted octanol–water partition coefficient (Wildman–Crippen LogP) is 4.92. The number of amides is 2. The molecule has 3 aromatic rings. The summed E-state index contributed by atoms with van der Waals surface area (Å²) in [5, 5.41) is 6.37. The number of nitrogens with one attached hydrogen (secondary N) is 2. The molecule has 0 saturated carbocycles. The van der Waals surface area contributed by atoms with Crippen molar-refractivity contribution < 1.29 is 14.3 Å². The van der Waals surface area contributed by atoms with Gasteiger partial charge in [-0.15, -0.1) is 0 Å². The second kappa shape index (κ2) is 9.52. The first-order valence-electron chi connectivity index (χ1n) is 9.62. The van der Waals surface area contributed by atoms with E-state index in [9.17, 15) is 9.59 Å². The highest BCUT2D eigenvalue weighted by molar-refractivity contribution is 7.22. The van der Waals surface area contributed by atoms with Crippen LogP contribution in [0.2, 0.25) is 0 Å². The summed E-state index contributed by atoms with van der Waals surface area (Å²) >= 11 is 1.45.